The monoisotopic (exact) mass is 863 g/mol. The summed E-state index contributed by atoms with van der Waals surface area (Å²) in [6.45, 7) is 12.8. The maximum absolute atomic E-state index is 14.0. The number of rotatable bonds is 16. The van der Waals surface area contributed by atoms with E-state index < -0.39 is 49.8 Å². The highest BCUT2D eigenvalue weighted by atomic mass is 79.9. The van der Waals surface area contributed by atoms with Crippen LogP contribution in [0.5, 0.6) is 5.75 Å². The molecule has 20 heteroatoms. The zero-order chi connectivity index (χ0) is 41.1. The van der Waals surface area contributed by atoms with E-state index in [2.05, 4.69) is 51.9 Å². The Morgan fingerprint density at radius 3 is 2.39 bits per heavy atom. The zero-order valence-electron chi connectivity index (χ0n) is 32.4. The van der Waals surface area contributed by atoms with Crippen LogP contribution in [0.1, 0.15) is 69.6 Å². The minimum Gasteiger partial charge on any atom is -0.495 e. The van der Waals surface area contributed by atoms with E-state index in [1.54, 1.807) is 18.3 Å². The van der Waals surface area contributed by atoms with E-state index in [-0.39, 0.29) is 29.4 Å². The number of hydrogen-bond donors (Lipinski definition) is 3. The molecule has 14 nitrogen and oxygen atoms in total. The molecule has 1 unspecified atom stereocenters. The van der Waals surface area contributed by atoms with E-state index in [9.17, 15) is 22.5 Å². The topological polar surface area (TPSA) is 164 Å². The standard InChI is InChI=1S/C36H44BBrF3N8O6P/c1-33(2,20-49-19-23(17-44-49)37-54-34(3,4)35(5,6)55-37)21-53-56(51)15-9-10-22-11-12-25(27(16-22)52-8)46-32-43-18-24(36(39,40)41)30(48-32)45-26-13-14-28(38)47-29(26)31(50)42-7/h11-14,16-19H,9-10,15,20-21H2,1-8H3,(H2-,42,43,45,46,48,50)/p+1. The molecule has 3 N–H and O–H groups in total. The number of pyridine rings is 1. The van der Waals surface area contributed by atoms with Crippen LogP contribution < -0.4 is 26.2 Å². The molecule has 3 aromatic heterocycles. The summed E-state index contributed by atoms with van der Waals surface area (Å²) >= 11 is 3.17. The van der Waals surface area contributed by atoms with Crippen LogP contribution in [0.25, 0.3) is 0 Å². The Morgan fingerprint density at radius 2 is 1.73 bits per heavy atom. The summed E-state index contributed by atoms with van der Waals surface area (Å²) in [5.74, 6) is -0.970. The Balaban J connectivity index is 1.16. The molecule has 4 aromatic rings. The normalized spacial score (nSPS) is 15.4. The number of anilines is 4. The highest BCUT2D eigenvalue weighted by molar-refractivity contribution is 9.10. The predicted octanol–water partition coefficient (Wildman–Crippen LogP) is 7.42. The SMILES string of the molecule is CNC(=O)c1nc(Br)ccc1Nc1nc(Nc2ccc(CCC[P+](=O)OCC(C)(C)Cn3cc(B4OC(C)(C)C(C)(C)O4)cn3)cc2OC)ncc1C(F)(F)F. The fourth-order valence-corrected chi connectivity index (χ4v) is 6.94. The molecule has 0 radical (unpaired) electrons. The first-order valence-electron chi connectivity index (χ1n) is 17.7. The van der Waals surface area contributed by atoms with Gasteiger partial charge in [0.05, 0.1) is 29.7 Å². The second kappa shape index (κ2) is 17.1. The lowest BCUT2D eigenvalue weighted by molar-refractivity contribution is -0.137. The second-order valence-electron chi connectivity index (χ2n) is 15.0. The number of nitrogens with zero attached hydrogens (tertiary/aromatic N) is 5. The van der Waals surface area contributed by atoms with Crippen LogP contribution in [0.3, 0.4) is 0 Å². The lowest BCUT2D eigenvalue weighted by Crippen LogP contribution is -2.41. The quantitative estimate of drug-likeness (QED) is 0.0581. The van der Waals surface area contributed by atoms with Crippen molar-refractivity contribution in [1.82, 2.24) is 30.0 Å². The Labute approximate surface area is 333 Å². The fourth-order valence-electron chi connectivity index (χ4n) is 5.59. The first-order valence-corrected chi connectivity index (χ1v) is 19.9. The number of halogens is 4. The van der Waals surface area contributed by atoms with Gasteiger partial charge in [-0.1, -0.05) is 19.9 Å². The van der Waals surface area contributed by atoms with Crippen molar-refractivity contribution in [3.8, 4) is 5.75 Å². The van der Waals surface area contributed by atoms with E-state index in [1.807, 2.05) is 58.5 Å². The summed E-state index contributed by atoms with van der Waals surface area (Å²) in [5, 5.41) is 12.4. The Morgan fingerprint density at radius 1 is 1.04 bits per heavy atom. The van der Waals surface area contributed by atoms with E-state index in [1.165, 1.54) is 26.3 Å². The molecule has 1 saturated heterocycles. The van der Waals surface area contributed by atoms with Crippen molar-refractivity contribution in [2.45, 2.75) is 78.3 Å². The number of carbonyl (C=O) groups excluding carboxylic acids is 1. The van der Waals surface area contributed by atoms with Crippen molar-refractivity contribution in [1.29, 1.82) is 0 Å². The van der Waals surface area contributed by atoms with Gasteiger partial charge in [0.2, 0.25) is 5.95 Å². The number of hydrogen-bond acceptors (Lipinski definition) is 12. The van der Waals surface area contributed by atoms with Gasteiger partial charge in [0.1, 0.15) is 28.3 Å². The van der Waals surface area contributed by atoms with Gasteiger partial charge in [0.15, 0.2) is 11.9 Å². The van der Waals surface area contributed by atoms with E-state index in [0.29, 0.717) is 47.8 Å². The van der Waals surface area contributed by atoms with Crippen molar-refractivity contribution < 1.29 is 41.1 Å². The van der Waals surface area contributed by atoms with Crippen molar-refractivity contribution >= 4 is 65.6 Å². The second-order valence-corrected chi connectivity index (χ2v) is 17.2. The zero-order valence-corrected chi connectivity index (χ0v) is 34.9. The van der Waals surface area contributed by atoms with Crippen molar-refractivity contribution in [3.05, 3.63) is 70.3 Å². The predicted molar refractivity (Wildman–Crippen MR) is 210 cm³/mol. The minimum absolute atomic E-state index is 0.00283. The molecule has 1 amide bonds. The molecule has 0 bridgehead atoms. The van der Waals surface area contributed by atoms with Gasteiger partial charge in [-0.25, -0.2) is 9.97 Å². The van der Waals surface area contributed by atoms with Gasteiger partial charge in [-0.15, -0.1) is 4.52 Å². The van der Waals surface area contributed by atoms with Gasteiger partial charge >= 0.3 is 21.3 Å². The van der Waals surface area contributed by atoms with Crippen LogP contribution in [0, 0.1) is 5.41 Å². The van der Waals surface area contributed by atoms with E-state index in [0.717, 1.165) is 11.0 Å². The molecule has 5 rings (SSSR count). The van der Waals surface area contributed by atoms with Crippen molar-refractivity contribution in [2.24, 2.45) is 5.41 Å². The first kappa shape index (κ1) is 43.0. The molecular formula is C36H45BBrF3N8O6P+. The minimum atomic E-state index is -4.80. The number of carbonyl (C=O) groups is 1. The van der Waals surface area contributed by atoms with Gasteiger partial charge in [0, 0.05) is 43.1 Å². The molecule has 1 aliphatic rings. The molecule has 1 aromatic carbocycles. The summed E-state index contributed by atoms with van der Waals surface area (Å²) in [5.41, 5.74) is -0.442. The van der Waals surface area contributed by atoms with Crippen LogP contribution in [0.4, 0.5) is 36.3 Å². The number of nitrogens with one attached hydrogen (secondary N) is 3. The van der Waals surface area contributed by atoms with Gasteiger partial charge in [0.25, 0.3) is 5.91 Å². The largest absolute Gasteiger partial charge is 0.508 e. The molecule has 0 saturated carbocycles. The number of aromatic nitrogens is 5. The van der Waals surface area contributed by atoms with Crippen LogP contribution in [0.2, 0.25) is 0 Å². The average Bonchev–Trinajstić information content (AvgIpc) is 3.67. The number of benzene rings is 1. The lowest BCUT2D eigenvalue weighted by atomic mass is 9.82. The fraction of sp³-hybridized carbons (Fsp3) is 0.472. The third kappa shape index (κ3) is 10.6. The molecule has 0 aliphatic carbocycles. The Bertz CT molecular complexity index is 2050. The summed E-state index contributed by atoms with van der Waals surface area (Å²) in [7, 11) is 0.404. The third-order valence-corrected chi connectivity index (χ3v) is 10.9. The lowest BCUT2D eigenvalue weighted by Gasteiger charge is -2.32. The molecule has 1 aliphatic heterocycles. The number of amides is 1. The molecule has 4 heterocycles. The van der Waals surface area contributed by atoms with Gasteiger partial charge in [-0.05, 0) is 90.9 Å². The van der Waals surface area contributed by atoms with Crippen LogP contribution in [-0.2, 0) is 37.5 Å². The summed E-state index contributed by atoms with van der Waals surface area (Å²) < 4.78 is 80.5. The third-order valence-electron chi connectivity index (χ3n) is 9.34. The molecule has 0 spiro atoms. The molecule has 1 atom stereocenters. The van der Waals surface area contributed by atoms with Crippen molar-refractivity contribution in [2.75, 3.05) is 37.6 Å². The van der Waals surface area contributed by atoms with Crippen LogP contribution in [-0.4, -0.2) is 75.9 Å². The number of methoxy groups -OCH3 is 1. The Kier molecular flexibility index (Phi) is 13.2. The highest BCUT2D eigenvalue weighted by Crippen LogP contribution is 2.38. The van der Waals surface area contributed by atoms with Gasteiger partial charge < -0.3 is 30.0 Å². The number of alkyl halides is 3. The van der Waals surface area contributed by atoms with Gasteiger partial charge in [-0.3, -0.25) is 9.48 Å². The van der Waals surface area contributed by atoms with Gasteiger partial charge in [-0.2, -0.15) is 23.3 Å². The van der Waals surface area contributed by atoms with Crippen molar-refractivity contribution in [3.63, 3.8) is 0 Å². The highest BCUT2D eigenvalue weighted by Gasteiger charge is 2.52. The maximum Gasteiger partial charge on any atom is 0.508 e. The van der Waals surface area contributed by atoms with Crippen LogP contribution in [0.15, 0.2) is 53.5 Å². The molecule has 1 fully saturated rings. The molecular weight excluding hydrogens is 819 g/mol. The van der Waals surface area contributed by atoms with E-state index >= 15 is 0 Å². The summed E-state index contributed by atoms with van der Waals surface area (Å²) in [4.78, 5) is 24.5. The molecule has 56 heavy (non-hydrogen) atoms. The number of aryl methyl sites for hydroxylation is 1. The van der Waals surface area contributed by atoms with E-state index in [4.69, 9.17) is 18.6 Å². The smallest absolute Gasteiger partial charge is 0.495 e. The van der Waals surface area contributed by atoms with Crippen LogP contribution >= 0.6 is 24.0 Å². The molecule has 300 valence electrons. The summed E-state index contributed by atoms with van der Waals surface area (Å²) in [6, 6.07) is 8.16. The number of ether oxygens (including phenoxy) is 1. The first-order chi connectivity index (χ1) is 26.2. The Hall–Kier alpha value is -4.16. The maximum atomic E-state index is 14.0. The summed E-state index contributed by atoms with van der Waals surface area (Å²) in [6.07, 6.45) is 0.962. The average molecular weight is 864 g/mol.